The number of hydrogen-bond acceptors (Lipinski definition) is 3. The standard InChI is InChI=1S/C36H24N4/c37-25-32-22-23-33-35(38-32)34(28-21-20-26-12-10-11-13-27(26)24-28)39-40(33)36(29-14-4-1-5-15-29,30-16-6-2-7-17-30)31-18-8-3-9-19-31/h1-24H. The topological polar surface area (TPSA) is 54.5 Å². The van der Waals surface area contributed by atoms with Crippen LogP contribution >= 0.6 is 0 Å². The Morgan fingerprint density at radius 3 is 1.70 bits per heavy atom. The number of nitrogens with zero attached hydrogens (tertiary/aromatic N) is 4. The van der Waals surface area contributed by atoms with Crippen LogP contribution in [0, 0.1) is 11.3 Å². The smallest absolute Gasteiger partial charge is 0.141 e. The van der Waals surface area contributed by atoms with Crippen LogP contribution < -0.4 is 0 Å². The first-order valence-electron chi connectivity index (χ1n) is 13.2. The van der Waals surface area contributed by atoms with Crippen LogP contribution in [0.2, 0.25) is 0 Å². The summed E-state index contributed by atoms with van der Waals surface area (Å²) in [5.74, 6) is 0. The van der Waals surface area contributed by atoms with Crippen LogP contribution in [0.25, 0.3) is 33.1 Å². The lowest BCUT2D eigenvalue weighted by atomic mass is 9.77. The molecule has 0 radical (unpaired) electrons. The fourth-order valence-electron chi connectivity index (χ4n) is 5.75. The molecule has 0 aliphatic rings. The minimum absolute atomic E-state index is 0.360. The molecular formula is C36H24N4. The van der Waals surface area contributed by atoms with Crippen LogP contribution in [-0.2, 0) is 5.54 Å². The first kappa shape index (κ1) is 23.6. The average molecular weight is 513 g/mol. The van der Waals surface area contributed by atoms with Gasteiger partial charge in [0.05, 0.1) is 5.52 Å². The Kier molecular flexibility index (Phi) is 5.69. The fraction of sp³-hybridized carbons (Fsp3) is 0.0278. The van der Waals surface area contributed by atoms with Crippen molar-refractivity contribution in [1.29, 1.82) is 5.26 Å². The number of benzene rings is 5. The quantitative estimate of drug-likeness (QED) is 0.220. The highest BCUT2D eigenvalue weighted by Crippen LogP contribution is 2.43. The van der Waals surface area contributed by atoms with E-state index in [1.807, 2.05) is 36.4 Å². The molecule has 2 aromatic heterocycles. The van der Waals surface area contributed by atoms with Gasteiger partial charge in [0.25, 0.3) is 0 Å². The monoisotopic (exact) mass is 512 g/mol. The molecule has 5 aromatic carbocycles. The highest BCUT2D eigenvalue weighted by molar-refractivity contribution is 5.95. The van der Waals surface area contributed by atoms with Crippen LogP contribution in [0.4, 0.5) is 0 Å². The molecule has 4 heteroatoms. The van der Waals surface area contributed by atoms with E-state index in [1.165, 1.54) is 0 Å². The normalized spacial score (nSPS) is 11.5. The second-order valence-electron chi connectivity index (χ2n) is 9.81. The summed E-state index contributed by atoms with van der Waals surface area (Å²) in [6, 6.07) is 52.0. The molecule has 7 rings (SSSR count). The van der Waals surface area contributed by atoms with E-state index >= 15 is 0 Å². The number of rotatable bonds is 5. The summed E-state index contributed by atoms with van der Waals surface area (Å²) >= 11 is 0. The molecule has 7 aromatic rings. The summed E-state index contributed by atoms with van der Waals surface area (Å²) < 4.78 is 2.10. The third-order valence-corrected chi connectivity index (χ3v) is 7.56. The Balaban J connectivity index is 1.63. The van der Waals surface area contributed by atoms with E-state index in [2.05, 4.69) is 114 Å². The van der Waals surface area contributed by atoms with Gasteiger partial charge < -0.3 is 0 Å². The van der Waals surface area contributed by atoms with Crippen molar-refractivity contribution < 1.29 is 0 Å². The van der Waals surface area contributed by atoms with E-state index < -0.39 is 5.54 Å². The van der Waals surface area contributed by atoms with Crippen molar-refractivity contribution in [2.24, 2.45) is 0 Å². The number of hydrogen-bond donors (Lipinski definition) is 0. The largest absolute Gasteiger partial charge is 0.243 e. The predicted molar refractivity (Wildman–Crippen MR) is 160 cm³/mol. The van der Waals surface area contributed by atoms with E-state index in [-0.39, 0.29) is 0 Å². The Morgan fingerprint density at radius 1 is 0.575 bits per heavy atom. The van der Waals surface area contributed by atoms with Gasteiger partial charge in [-0.05, 0) is 45.7 Å². The van der Waals surface area contributed by atoms with Crippen molar-refractivity contribution in [3.05, 3.63) is 168 Å². The van der Waals surface area contributed by atoms with Crippen LogP contribution in [0.1, 0.15) is 22.4 Å². The minimum atomic E-state index is -0.799. The minimum Gasteiger partial charge on any atom is -0.243 e. The Hall–Kier alpha value is -5.53. The van der Waals surface area contributed by atoms with Crippen molar-refractivity contribution in [2.75, 3.05) is 0 Å². The van der Waals surface area contributed by atoms with Crippen LogP contribution in [0.5, 0.6) is 0 Å². The van der Waals surface area contributed by atoms with Crippen LogP contribution in [-0.4, -0.2) is 14.8 Å². The van der Waals surface area contributed by atoms with E-state index in [0.29, 0.717) is 11.2 Å². The van der Waals surface area contributed by atoms with Gasteiger partial charge in [0.2, 0.25) is 0 Å². The number of fused-ring (bicyclic) bond motifs is 2. The van der Waals surface area contributed by atoms with E-state index in [4.69, 9.17) is 10.1 Å². The lowest BCUT2D eigenvalue weighted by Gasteiger charge is -2.37. The van der Waals surface area contributed by atoms with Gasteiger partial charge in [0, 0.05) is 5.56 Å². The summed E-state index contributed by atoms with van der Waals surface area (Å²) in [5.41, 5.74) is 6.02. The molecule has 188 valence electrons. The van der Waals surface area contributed by atoms with E-state index in [0.717, 1.165) is 44.2 Å². The molecule has 0 amide bonds. The lowest BCUT2D eigenvalue weighted by Crippen LogP contribution is -2.38. The molecule has 0 unspecified atom stereocenters. The molecular weight excluding hydrogens is 488 g/mol. The van der Waals surface area contributed by atoms with Crippen molar-refractivity contribution in [1.82, 2.24) is 14.8 Å². The third-order valence-electron chi connectivity index (χ3n) is 7.56. The van der Waals surface area contributed by atoms with Crippen molar-refractivity contribution >= 4 is 21.8 Å². The molecule has 0 saturated heterocycles. The average Bonchev–Trinajstić information content (AvgIpc) is 3.42. The lowest BCUT2D eigenvalue weighted by molar-refractivity contribution is 0.477. The van der Waals surface area contributed by atoms with Crippen LogP contribution in [0.15, 0.2) is 146 Å². The van der Waals surface area contributed by atoms with Crippen molar-refractivity contribution in [3.63, 3.8) is 0 Å². The van der Waals surface area contributed by atoms with Gasteiger partial charge in [-0.1, -0.05) is 127 Å². The Labute approximate surface area is 232 Å². The van der Waals surface area contributed by atoms with Gasteiger partial charge in [-0.2, -0.15) is 10.4 Å². The second kappa shape index (κ2) is 9.65. The van der Waals surface area contributed by atoms with E-state index in [9.17, 15) is 5.26 Å². The maximum atomic E-state index is 9.76. The van der Waals surface area contributed by atoms with Crippen LogP contribution in [0.3, 0.4) is 0 Å². The molecule has 0 fully saturated rings. The highest BCUT2D eigenvalue weighted by atomic mass is 15.3. The SMILES string of the molecule is N#Cc1ccc2c(n1)c(-c1ccc3ccccc3c1)nn2C(c1ccccc1)(c1ccccc1)c1ccccc1. The first-order chi connectivity index (χ1) is 19.8. The molecule has 4 nitrogen and oxygen atoms in total. The molecule has 0 saturated carbocycles. The summed E-state index contributed by atoms with van der Waals surface area (Å²) in [7, 11) is 0. The fourth-order valence-corrected chi connectivity index (χ4v) is 5.75. The van der Waals surface area contributed by atoms with Crippen molar-refractivity contribution in [2.45, 2.75) is 5.54 Å². The molecule has 2 heterocycles. The number of pyridine rings is 1. The Morgan fingerprint density at radius 2 is 1.12 bits per heavy atom. The maximum absolute atomic E-state index is 9.76. The van der Waals surface area contributed by atoms with E-state index in [1.54, 1.807) is 6.07 Å². The van der Waals surface area contributed by atoms with Gasteiger partial charge in [-0.15, -0.1) is 0 Å². The predicted octanol–water partition coefficient (Wildman–Crippen LogP) is 7.96. The van der Waals surface area contributed by atoms with Crippen molar-refractivity contribution in [3.8, 4) is 17.3 Å². The molecule has 40 heavy (non-hydrogen) atoms. The van der Waals surface area contributed by atoms with Gasteiger partial charge in [0.15, 0.2) is 0 Å². The molecule has 0 aliphatic carbocycles. The molecule has 0 atom stereocenters. The zero-order valence-electron chi connectivity index (χ0n) is 21.6. The van der Waals surface area contributed by atoms with Gasteiger partial charge >= 0.3 is 0 Å². The highest BCUT2D eigenvalue weighted by Gasteiger charge is 2.41. The number of aromatic nitrogens is 3. The zero-order chi connectivity index (χ0) is 26.9. The molecule has 0 spiro atoms. The summed E-state index contributed by atoms with van der Waals surface area (Å²) in [4.78, 5) is 4.82. The summed E-state index contributed by atoms with van der Waals surface area (Å²) in [6.45, 7) is 0. The van der Waals surface area contributed by atoms with Gasteiger partial charge in [0.1, 0.15) is 28.5 Å². The van der Waals surface area contributed by atoms with Gasteiger partial charge in [-0.25, -0.2) is 9.67 Å². The molecule has 0 N–H and O–H groups in total. The van der Waals surface area contributed by atoms with Gasteiger partial charge in [-0.3, -0.25) is 0 Å². The second-order valence-corrected chi connectivity index (χ2v) is 9.81. The Bertz CT molecular complexity index is 1910. The zero-order valence-corrected chi connectivity index (χ0v) is 21.6. The first-order valence-corrected chi connectivity index (χ1v) is 13.2. The maximum Gasteiger partial charge on any atom is 0.141 e. The third kappa shape index (κ3) is 3.68. The number of nitriles is 1. The molecule has 0 aliphatic heterocycles. The summed E-state index contributed by atoms with van der Waals surface area (Å²) in [5, 5.41) is 17.4. The molecule has 0 bridgehead atoms. The summed E-state index contributed by atoms with van der Waals surface area (Å²) in [6.07, 6.45) is 0.